The monoisotopic (exact) mass is 243 g/mol. The van der Waals surface area contributed by atoms with Gasteiger partial charge in [0.15, 0.2) is 0 Å². The van der Waals surface area contributed by atoms with E-state index in [-0.39, 0.29) is 30.4 Å². The molecular formula is C12H25N3O2. The van der Waals surface area contributed by atoms with Crippen LogP contribution in [0.1, 0.15) is 40.5 Å². The molecule has 0 aliphatic heterocycles. The van der Waals surface area contributed by atoms with E-state index in [0.717, 1.165) is 12.8 Å². The summed E-state index contributed by atoms with van der Waals surface area (Å²) in [6.45, 7) is 8.49. The summed E-state index contributed by atoms with van der Waals surface area (Å²) in [7, 11) is 0. The Morgan fingerprint density at radius 2 is 1.71 bits per heavy atom. The van der Waals surface area contributed by atoms with E-state index in [0.29, 0.717) is 6.54 Å². The Balaban J connectivity index is 3.92. The molecule has 0 heterocycles. The van der Waals surface area contributed by atoms with Crippen LogP contribution < -0.4 is 16.0 Å². The quantitative estimate of drug-likeness (QED) is 0.578. The number of carbonyl (C=O) groups is 2. The van der Waals surface area contributed by atoms with E-state index in [1.807, 2.05) is 20.8 Å². The molecule has 0 aromatic heterocycles. The minimum Gasteiger partial charge on any atom is -0.355 e. The van der Waals surface area contributed by atoms with Gasteiger partial charge in [-0.15, -0.1) is 0 Å². The van der Waals surface area contributed by atoms with Crippen molar-refractivity contribution in [2.24, 2.45) is 0 Å². The highest BCUT2D eigenvalue weighted by atomic mass is 16.2. The van der Waals surface area contributed by atoms with Gasteiger partial charge in [-0.05, 0) is 26.7 Å². The molecule has 0 aliphatic carbocycles. The fourth-order valence-corrected chi connectivity index (χ4v) is 1.42. The predicted molar refractivity (Wildman–Crippen MR) is 68.7 cm³/mol. The zero-order valence-electron chi connectivity index (χ0n) is 11.3. The number of carbonyl (C=O) groups excluding carboxylic acids is 2. The number of hydrogen-bond donors (Lipinski definition) is 3. The van der Waals surface area contributed by atoms with Gasteiger partial charge in [0, 0.05) is 12.6 Å². The topological polar surface area (TPSA) is 70.2 Å². The molecule has 0 aromatic rings. The molecule has 0 saturated heterocycles. The fraction of sp³-hybridized carbons (Fsp3) is 0.833. The first-order valence-electron chi connectivity index (χ1n) is 6.35. The van der Waals surface area contributed by atoms with Gasteiger partial charge in [0.25, 0.3) is 0 Å². The summed E-state index contributed by atoms with van der Waals surface area (Å²) >= 11 is 0. The first-order chi connectivity index (χ1) is 8.04. The van der Waals surface area contributed by atoms with E-state index >= 15 is 0 Å². The van der Waals surface area contributed by atoms with Gasteiger partial charge in [-0.25, -0.2) is 0 Å². The average Bonchev–Trinajstić information content (AvgIpc) is 2.32. The van der Waals surface area contributed by atoms with Crippen molar-refractivity contribution < 1.29 is 9.59 Å². The lowest BCUT2D eigenvalue weighted by molar-refractivity contribution is -0.124. The molecule has 0 spiro atoms. The molecule has 1 unspecified atom stereocenters. The second-order valence-electron chi connectivity index (χ2n) is 4.08. The third-order valence-corrected chi connectivity index (χ3v) is 2.67. The van der Waals surface area contributed by atoms with Crippen LogP contribution in [-0.2, 0) is 9.59 Å². The van der Waals surface area contributed by atoms with Crippen LogP contribution in [0.15, 0.2) is 0 Å². The van der Waals surface area contributed by atoms with E-state index in [1.54, 1.807) is 6.92 Å². The van der Waals surface area contributed by atoms with E-state index < -0.39 is 0 Å². The average molecular weight is 243 g/mol. The molecule has 5 heteroatoms. The molecule has 0 rings (SSSR count). The van der Waals surface area contributed by atoms with Gasteiger partial charge >= 0.3 is 0 Å². The van der Waals surface area contributed by atoms with Crippen molar-refractivity contribution in [3.63, 3.8) is 0 Å². The van der Waals surface area contributed by atoms with Crippen LogP contribution in [0.4, 0.5) is 0 Å². The number of amides is 2. The van der Waals surface area contributed by atoms with E-state index in [1.165, 1.54) is 0 Å². The van der Waals surface area contributed by atoms with Crippen LogP contribution in [0.25, 0.3) is 0 Å². The van der Waals surface area contributed by atoms with Gasteiger partial charge in [-0.2, -0.15) is 0 Å². The lowest BCUT2D eigenvalue weighted by atomic mass is 10.1. The Labute approximate surface area is 104 Å². The van der Waals surface area contributed by atoms with Gasteiger partial charge in [0.05, 0.1) is 12.6 Å². The number of nitrogens with one attached hydrogen (secondary N) is 3. The lowest BCUT2D eigenvalue weighted by Gasteiger charge is -2.19. The smallest absolute Gasteiger partial charge is 0.237 e. The molecule has 0 radical (unpaired) electrons. The summed E-state index contributed by atoms with van der Waals surface area (Å²) in [5, 5.41) is 8.50. The van der Waals surface area contributed by atoms with Crippen LogP contribution in [-0.4, -0.2) is 37.0 Å². The maximum Gasteiger partial charge on any atom is 0.237 e. The van der Waals surface area contributed by atoms with Crippen molar-refractivity contribution in [3.05, 3.63) is 0 Å². The molecule has 2 amide bonds. The maximum atomic E-state index is 11.7. The summed E-state index contributed by atoms with van der Waals surface area (Å²) in [6.07, 6.45) is 1.84. The Hall–Kier alpha value is -1.10. The highest BCUT2D eigenvalue weighted by molar-refractivity contribution is 5.83. The van der Waals surface area contributed by atoms with Gasteiger partial charge in [-0.3, -0.25) is 14.9 Å². The molecule has 0 saturated carbocycles. The summed E-state index contributed by atoms with van der Waals surface area (Å²) in [6, 6.07) is -0.130. The lowest BCUT2D eigenvalue weighted by Crippen LogP contribution is -2.48. The van der Waals surface area contributed by atoms with Gasteiger partial charge in [-0.1, -0.05) is 13.8 Å². The molecule has 1 atom stereocenters. The van der Waals surface area contributed by atoms with Crippen molar-refractivity contribution in [1.82, 2.24) is 16.0 Å². The maximum absolute atomic E-state index is 11.7. The predicted octanol–water partition coefficient (Wildman–Crippen LogP) is 0.405. The summed E-state index contributed by atoms with van der Waals surface area (Å²) < 4.78 is 0. The van der Waals surface area contributed by atoms with Crippen LogP contribution in [0.3, 0.4) is 0 Å². The first-order valence-corrected chi connectivity index (χ1v) is 6.35. The molecular weight excluding hydrogens is 218 g/mol. The van der Waals surface area contributed by atoms with Crippen molar-refractivity contribution in [2.75, 3.05) is 13.1 Å². The largest absolute Gasteiger partial charge is 0.355 e. The number of rotatable bonds is 8. The molecule has 17 heavy (non-hydrogen) atoms. The Morgan fingerprint density at radius 3 is 2.18 bits per heavy atom. The van der Waals surface area contributed by atoms with Crippen molar-refractivity contribution >= 4 is 11.8 Å². The zero-order valence-corrected chi connectivity index (χ0v) is 11.3. The normalized spacial score (nSPS) is 12.3. The van der Waals surface area contributed by atoms with E-state index in [9.17, 15) is 9.59 Å². The molecule has 5 nitrogen and oxygen atoms in total. The Morgan fingerprint density at radius 1 is 1.12 bits per heavy atom. The first kappa shape index (κ1) is 15.9. The second kappa shape index (κ2) is 8.98. The third kappa shape index (κ3) is 6.94. The molecule has 0 bridgehead atoms. The molecule has 3 N–H and O–H groups in total. The minimum absolute atomic E-state index is 0.0528. The van der Waals surface area contributed by atoms with Gasteiger partial charge < -0.3 is 10.6 Å². The highest BCUT2D eigenvalue weighted by Gasteiger charge is 2.15. The van der Waals surface area contributed by atoms with Gasteiger partial charge in [0.2, 0.25) is 11.8 Å². The van der Waals surface area contributed by atoms with Crippen LogP contribution >= 0.6 is 0 Å². The van der Waals surface area contributed by atoms with E-state index in [2.05, 4.69) is 16.0 Å². The summed E-state index contributed by atoms with van der Waals surface area (Å²) in [5.74, 6) is -0.141. The Kier molecular flexibility index (Phi) is 8.40. The third-order valence-electron chi connectivity index (χ3n) is 2.67. The molecule has 100 valence electrons. The summed E-state index contributed by atoms with van der Waals surface area (Å²) in [4.78, 5) is 22.9. The molecule has 0 fully saturated rings. The highest BCUT2D eigenvalue weighted by Crippen LogP contribution is 1.96. The van der Waals surface area contributed by atoms with Crippen LogP contribution in [0, 0.1) is 0 Å². The van der Waals surface area contributed by atoms with Crippen LogP contribution in [0.2, 0.25) is 0 Å². The van der Waals surface area contributed by atoms with Crippen LogP contribution in [0.5, 0.6) is 0 Å². The molecule has 0 aromatic carbocycles. The van der Waals surface area contributed by atoms with Crippen molar-refractivity contribution in [2.45, 2.75) is 52.6 Å². The summed E-state index contributed by atoms with van der Waals surface area (Å²) in [5.41, 5.74) is 0. The van der Waals surface area contributed by atoms with Crippen molar-refractivity contribution in [1.29, 1.82) is 0 Å². The molecule has 0 aliphatic rings. The van der Waals surface area contributed by atoms with Crippen molar-refractivity contribution in [3.8, 4) is 0 Å². The Bertz CT molecular complexity index is 240. The number of likely N-dealkylation sites (N-methyl/N-ethyl adjacent to an activating group) is 1. The van der Waals surface area contributed by atoms with Gasteiger partial charge in [0.1, 0.15) is 0 Å². The minimum atomic E-state index is -0.349. The standard InChI is InChI=1S/C12H25N3O2/c1-5-10(6-2)15-12(17)9(4)14-8-11(16)13-7-3/h9-10,14H,5-8H2,1-4H3,(H,13,16)(H,15,17). The second-order valence-corrected chi connectivity index (χ2v) is 4.08. The SMILES string of the molecule is CCNC(=O)CNC(C)C(=O)NC(CC)CC. The number of hydrogen-bond acceptors (Lipinski definition) is 3. The van der Waals surface area contributed by atoms with E-state index in [4.69, 9.17) is 0 Å². The fourth-order valence-electron chi connectivity index (χ4n) is 1.42. The zero-order chi connectivity index (χ0) is 13.3.